The number of ether oxygens (including phenoxy) is 1. The second kappa shape index (κ2) is 7.13. The molecule has 3 aromatic rings. The van der Waals surface area contributed by atoms with Crippen LogP contribution in [0.25, 0.3) is 10.1 Å². The molecule has 0 aliphatic rings. The van der Waals surface area contributed by atoms with Crippen LogP contribution in [-0.2, 0) is 6.54 Å². The minimum atomic E-state index is -0.528. The average molecular weight is 327 g/mol. The number of nitrogens with zero attached hydrogens (tertiary/aromatic N) is 1. The van der Waals surface area contributed by atoms with Crippen LogP contribution in [0.15, 0.2) is 53.9 Å². The monoisotopic (exact) mass is 327 g/mol. The van der Waals surface area contributed by atoms with Gasteiger partial charge in [-0.2, -0.15) is 0 Å². The van der Waals surface area contributed by atoms with Gasteiger partial charge in [0, 0.05) is 17.8 Å². The Kier molecular flexibility index (Phi) is 4.96. The number of aliphatic hydroxyl groups excluding tert-OH is 1. The van der Waals surface area contributed by atoms with Crippen LogP contribution >= 0.6 is 11.3 Å². The Balaban J connectivity index is 1.67. The normalized spacial score (nSPS) is 12.7. The third-order valence-electron chi connectivity index (χ3n) is 3.96. The largest absolute Gasteiger partial charge is 0.497 e. The quantitative estimate of drug-likeness (QED) is 0.740. The number of hydrogen-bond donors (Lipinski definition) is 1. The average Bonchev–Trinajstić information content (AvgIpc) is 2.98. The van der Waals surface area contributed by atoms with Gasteiger partial charge < -0.3 is 9.84 Å². The third-order valence-corrected chi connectivity index (χ3v) is 4.98. The molecule has 3 rings (SSSR count). The molecule has 0 saturated carbocycles. The summed E-state index contributed by atoms with van der Waals surface area (Å²) in [6.45, 7) is 1.41. The fourth-order valence-corrected chi connectivity index (χ4v) is 3.71. The highest BCUT2D eigenvalue weighted by Crippen LogP contribution is 2.27. The molecule has 0 amide bonds. The van der Waals surface area contributed by atoms with Gasteiger partial charge >= 0.3 is 0 Å². The molecule has 0 saturated heterocycles. The minimum Gasteiger partial charge on any atom is -0.497 e. The van der Waals surface area contributed by atoms with Crippen LogP contribution in [0.5, 0.6) is 5.75 Å². The Morgan fingerprint density at radius 1 is 1.17 bits per heavy atom. The van der Waals surface area contributed by atoms with Crippen molar-refractivity contribution in [1.82, 2.24) is 4.90 Å². The molecule has 1 N–H and O–H groups in total. The predicted octanol–water partition coefficient (Wildman–Crippen LogP) is 4.08. The molecular weight excluding hydrogens is 306 g/mol. The molecule has 0 bridgehead atoms. The summed E-state index contributed by atoms with van der Waals surface area (Å²) in [4.78, 5) is 2.15. The van der Waals surface area contributed by atoms with E-state index in [-0.39, 0.29) is 0 Å². The van der Waals surface area contributed by atoms with E-state index >= 15 is 0 Å². The number of likely N-dealkylation sites (N-methyl/N-ethyl adjacent to an activating group) is 1. The summed E-state index contributed by atoms with van der Waals surface area (Å²) >= 11 is 1.77. The molecule has 1 aromatic heterocycles. The predicted molar refractivity (Wildman–Crippen MR) is 96.1 cm³/mol. The van der Waals surface area contributed by atoms with Crippen molar-refractivity contribution in [3.05, 3.63) is 65.0 Å². The molecule has 0 unspecified atom stereocenters. The lowest BCUT2D eigenvalue weighted by Crippen LogP contribution is -2.24. The van der Waals surface area contributed by atoms with Crippen LogP contribution in [0.1, 0.15) is 17.2 Å². The minimum absolute atomic E-state index is 0.528. The lowest BCUT2D eigenvalue weighted by atomic mass is 10.1. The fourth-order valence-electron chi connectivity index (χ4n) is 2.76. The molecule has 120 valence electrons. The maximum atomic E-state index is 10.5. The first-order chi connectivity index (χ1) is 11.2. The van der Waals surface area contributed by atoms with E-state index in [0.717, 1.165) is 17.9 Å². The molecule has 2 aromatic carbocycles. The molecular formula is C19H21NO2S. The Morgan fingerprint density at radius 3 is 2.83 bits per heavy atom. The van der Waals surface area contributed by atoms with Crippen molar-refractivity contribution >= 4 is 21.4 Å². The Bertz CT molecular complexity index is 784. The van der Waals surface area contributed by atoms with E-state index in [1.54, 1.807) is 18.4 Å². The van der Waals surface area contributed by atoms with Crippen LogP contribution in [0.2, 0.25) is 0 Å². The topological polar surface area (TPSA) is 32.7 Å². The summed E-state index contributed by atoms with van der Waals surface area (Å²) in [5.74, 6) is 0.771. The maximum absolute atomic E-state index is 10.5. The van der Waals surface area contributed by atoms with Crippen LogP contribution in [-0.4, -0.2) is 30.7 Å². The standard InChI is InChI=1S/C19H21NO2S/c1-20(11-15-13-23-19-9-4-3-8-17(15)19)12-18(21)14-6-5-7-16(10-14)22-2/h3-10,13,18,21H,11-12H2,1-2H3/t18-/m1/s1. The highest BCUT2D eigenvalue weighted by molar-refractivity contribution is 7.17. The smallest absolute Gasteiger partial charge is 0.119 e. The van der Waals surface area contributed by atoms with Gasteiger partial charge in [-0.3, -0.25) is 4.90 Å². The van der Waals surface area contributed by atoms with Crippen molar-refractivity contribution in [2.45, 2.75) is 12.6 Å². The van der Waals surface area contributed by atoms with E-state index in [4.69, 9.17) is 4.74 Å². The van der Waals surface area contributed by atoms with Crippen LogP contribution < -0.4 is 4.74 Å². The number of hydrogen-bond acceptors (Lipinski definition) is 4. The molecule has 1 heterocycles. The SMILES string of the molecule is COc1cccc([C@H](O)CN(C)Cc2csc3ccccc23)c1. The van der Waals surface area contributed by atoms with Crippen molar-refractivity contribution in [3.8, 4) is 5.75 Å². The molecule has 0 aliphatic carbocycles. The number of aliphatic hydroxyl groups is 1. The number of rotatable bonds is 6. The van der Waals surface area contributed by atoms with Gasteiger partial charge in [0.1, 0.15) is 5.75 Å². The van der Waals surface area contributed by atoms with Gasteiger partial charge in [-0.05, 0) is 47.1 Å². The summed E-state index contributed by atoms with van der Waals surface area (Å²) in [6, 6.07) is 16.1. The van der Waals surface area contributed by atoms with Gasteiger partial charge in [0.05, 0.1) is 13.2 Å². The van der Waals surface area contributed by atoms with Gasteiger partial charge in [-0.25, -0.2) is 0 Å². The lowest BCUT2D eigenvalue weighted by Gasteiger charge is -2.21. The first-order valence-corrected chi connectivity index (χ1v) is 8.51. The molecule has 23 heavy (non-hydrogen) atoms. The van der Waals surface area contributed by atoms with Crippen molar-refractivity contribution in [1.29, 1.82) is 0 Å². The summed E-state index contributed by atoms with van der Waals surface area (Å²) in [5, 5.41) is 14.0. The first kappa shape index (κ1) is 16.0. The summed E-state index contributed by atoms with van der Waals surface area (Å²) < 4.78 is 6.53. The molecule has 4 heteroatoms. The van der Waals surface area contributed by atoms with Gasteiger partial charge in [0.15, 0.2) is 0 Å². The van der Waals surface area contributed by atoms with E-state index in [9.17, 15) is 5.11 Å². The summed E-state index contributed by atoms with van der Waals surface area (Å²) in [7, 11) is 3.68. The Hall–Kier alpha value is -1.88. The number of methoxy groups -OCH3 is 1. The van der Waals surface area contributed by atoms with Gasteiger partial charge in [-0.15, -0.1) is 11.3 Å². The fraction of sp³-hybridized carbons (Fsp3) is 0.263. The summed E-state index contributed by atoms with van der Waals surface area (Å²) in [5.41, 5.74) is 2.19. The van der Waals surface area contributed by atoms with Gasteiger partial charge in [-0.1, -0.05) is 30.3 Å². The first-order valence-electron chi connectivity index (χ1n) is 7.63. The van der Waals surface area contributed by atoms with Crippen LogP contribution in [0.4, 0.5) is 0 Å². The van der Waals surface area contributed by atoms with E-state index in [2.05, 4.69) is 34.5 Å². The van der Waals surface area contributed by atoms with E-state index in [1.165, 1.54) is 15.6 Å². The number of benzene rings is 2. The van der Waals surface area contributed by atoms with E-state index in [1.807, 2.05) is 31.3 Å². The second-order valence-corrected chi connectivity index (χ2v) is 6.66. The lowest BCUT2D eigenvalue weighted by molar-refractivity contribution is 0.124. The highest BCUT2D eigenvalue weighted by atomic mass is 32.1. The van der Waals surface area contributed by atoms with E-state index < -0.39 is 6.10 Å². The van der Waals surface area contributed by atoms with Gasteiger partial charge in [0.2, 0.25) is 0 Å². The molecule has 0 aliphatic heterocycles. The molecule has 3 nitrogen and oxygen atoms in total. The molecule has 0 spiro atoms. The third kappa shape index (κ3) is 3.72. The van der Waals surface area contributed by atoms with Crippen LogP contribution in [0, 0.1) is 0 Å². The van der Waals surface area contributed by atoms with Gasteiger partial charge in [0.25, 0.3) is 0 Å². The van der Waals surface area contributed by atoms with Crippen molar-refractivity contribution < 1.29 is 9.84 Å². The highest BCUT2D eigenvalue weighted by Gasteiger charge is 2.13. The molecule has 0 fully saturated rings. The second-order valence-electron chi connectivity index (χ2n) is 5.75. The number of fused-ring (bicyclic) bond motifs is 1. The van der Waals surface area contributed by atoms with Crippen molar-refractivity contribution in [2.75, 3.05) is 20.7 Å². The van der Waals surface area contributed by atoms with E-state index in [0.29, 0.717) is 6.54 Å². The van der Waals surface area contributed by atoms with Crippen molar-refractivity contribution in [3.63, 3.8) is 0 Å². The van der Waals surface area contributed by atoms with Crippen molar-refractivity contribution in [2.24, 2.45) is 0 Å². The summed E-state index contributed by atoms with van der Waals surface area (Å²) in [6.07, 6.45) is -0.528. The van der Waals surface area contributed by atoms with Crippen LogP contribution in [0.3, 0.4) is 0 Å². The maximum Gasteiger partial charge on any atom is 0.119 e. The number of thiophene rings is 1. The molecule has 0 radical (unpaired) electrons. The zero-order chi connectivity index (χ0) is 16.2. The Labute approximate surface area is 140 Å². The molecule has 1 atom stereocenters. The zero-order valence-electron chi connectivity index (χ0n) is 13.4. The Morgan fingerprint density at radius 2 is 2.00 bits per heavy atom. The zero-order valence-corrected chi connectivity index (χ0v) is 14.2.